The maximum absolute atomic E-state index is 11.7. The van der Waals surface area contributed by atoms with Crippen molar-refractivity contribution in [3.63, 3.8) is 0 Å². The molecule has 5 heteroatoms. The van der Waals surface area contributed by atoms with Gasteiger partial charge in [0.05, 0.1) is 6.54 Å². The molecule has 0 unspecified atom stereocenters. The highest BCUT2D eigenvalue weighted by Gasteiger charge is 2.24. The molecular weight excluding hydrogens is 252 g/mol. The number of piperidine rings is 1. The van der Waals surface area contributed by atoms with Gasteiger partial charge in [-0.05, 0) is 44.1 Å². The Morgan fingerprint density at radius 2 is 2.10 bits per heavy atom. The summed E-state index contributed by atoms with van der Waals surface area (Å²) < 4.78 is 0. The van der Waals surface area contributed by atoms with Gasteiger partial charge in [0.1, 0.15) is 11.6 Å². The van der Waals surface area contributed by atoms with Crippen LogP contribution < -0.4 is 10.2 Å². The van der Waals surface area contributed by atoms with E-state index in [4.69, 9.17) is 0 Å². The number of nitrogens with one attached hydrogen (secondary N) is 1. The van der Waals surface area contributed by atoms with E-state index in [-0.39, 0.29) is 5.91 Å². The molecule has 5 nitrogen and oxygen atoms in total. The van der Waals surface area contributed by atoms with Gasteiger partial charge in [0.2, 0.25) is 5.91 Å². The second kappa shape index (κ2) is 6.20. The van der Waals surface area contributed by atoms with Crippen LogP contribution in [0.1, 0.15) is 44.3 Å². The van der Waals surface area contributed by atoms with Crippen LogP contribution in [-0.2, 0) is 11.3 Å². The molecule has 1 N–H and O–H groups in total. The third-order valence-electron chi connectivity index (χ3n) is 3.99. The molecule has 1 aromatic rings. The zero-order chi connectivity index (χ0) is 13.8. The standard InChI is InChI=1S/C15H22N4O/c20-15(10-12-4-5-12)17-11-13-16-7-6-14(18-13)19-8-2-1-3-9-19/h6-7,12H,1-5,8-11H2,(H,17,20). The Balaban J connectivity index is 1.54. The first-order valence-corrected chi connectivity index (χ1v) is 7.65. The summed E-state index contributed by atoms with van der Waals surface area (Å²) in [6.45, 7) is 2.59. The minimum Gasteiger partial charge on any atom is -0.357 e. The van der Waals surface area contributed by atoms with Crippen molar-refractivity contribution in [2.24, 2.45) is 5.92 Å². The van der Waals surface area contributed by atoms with E-state index in [2.05, 4.69) is 20.2 Å². The molecular formula is C15H22N4O. The van der Waals surface area contributed by atoms with Crippen LogP contribution in [0.3, 0.4) is 0 Å². The molecule has 108 valence electrons. The number of anilines is 1. The summed E-state index contributed by atoms with van der Waals surface area (Å²) in [5, 5.41) is 2.92. The molecule has 2 aliphatic rings. The number of rotatable bonds is 5. The lowest BCUT2D eigenvalue weighted by Crippen LogP contribution is -2.31. The number of carbonyl (C=O) groups is 1. The van der Waals surface area contributed by atoms with E-state index in [1.807, 2.05) is 6.07 Å². The van der Waals surface area contributed by atoms with Crippen LogP contribution >= 0.6 is 0 Å². The maximum atomic E-state index is 11.7. The molecule has 0 atom stereocenters. The molecule has 1 amide bonds. The Morgan fingerprint density at radius 3 is 2.85 bits per heavy atom. The summed E-state index contributed by atoms with van der Waals surface area (Å²) in [5.74, 6) is 2.44. The second-order valence-corrected chi connectivity index (χ2v) is 5.80. The van der Waals surface area contributed by atoms with Crippen molar-refractivity contribution in [2.45, 2.75) is 45.1 Å². The van der Waals surface area contributed by atoms with Crippen LogP contribution in [0.2, 0.25) is 0 Å². The third-order valence-corrected chi connectivity index (χ3v) is 3.99. The van der Waals surface area contributed by atoms with Crippen molar-refractivity contribution in [1.29, 1.82) is 0 Å². The van der Waals surface area contributed by atoms with Gasteiger partial charge in [-0.3, -0.25) is 4.79 Å². The molecule has 1 aliphatic heterocycles. The normalized spacial score (nSPS) is 18.9. The van der Waals surface area contributed by atoms with E-state index in [1.165, 1.54) is 32.1 Å². The number of nitrogens with zero attached hydrogens (tertiary/aromatic N) is 3. The lowest BCUT2D eigenvalue weighted by atomic mass is 10.1. The summed E-state index contributed by atoms with van der Waals surface area (Å²) >= 11 is 0. The molecule has 0 aromatic carbocycles. The predicted octanol–water partition coefficient (Wildman–Crippen LogP) is 1.88. The van der Waals surface area contributed by atoms with E-state index in [0.717, 1.165) is 18.9 Å². The number of carbonyl (C=O) groups excluding carboxylic acids is 1. The van der Waals surface area contributed by atoms with E-state index >= 15 is 0 Å². The fourth-order valence-electron chi connectivity index (χ4n) is 2.61. The van der Waals surface area contributed by atoms with Gasteiger partial charge in [-0.25, -0.2) is 9.97 Å². The Labute approximate surface area is 119 Å². The quantitative estimate of drug-likeness (QED) is 0.890. The van der Waals surface area contributed by atoms with Crippen LogP contribution in [0.4, 0.5) is 5.82 Å². The molecule has 2 heterocycles. The molecule has 1 saturated heterocycles. The van der Waals surface area contributed by atoms with Crippen LogP contribution in [0.15, 0.2) is 12.3 Å². The molecule has 3 rings (SSSR count). The van der Waals surface area contributed by atoms with Crippen LogP contribution in [-0.4, -0.2) is 29.0 Å². The van der Waals surface area contributed by atoms with Crippen LogP contribution in [0.5, 0.6) is 0 Å². The number of aromatic nitrogens is 2. The van der Waals surface area contributed by atoms with E-state index in [9.17, 15) is 4.79 Å². The number of amides is 1. The molecule has 0 spiro atoms. The summed E-state index contributed by atoms with van der Waals surface area (Å²) in [6.07, 6.45) is 8.63. The summed E-state index contributed by atoms with van der Waals surface area (Å²) in [5.41, 5.74) is 0. The highest BCUT2D eigenvalue weighted by molar-refractivity contribution is 5.76. The van der Waals surface area contributed by atoms with Crippen molar-refractivity contribution in [2.75, 3.05) is 18.0 Å². The Hall–Kier alpha value is -1.65. The van der Waals surface area contributed by atoms with E-state index in [0.29, 0.717) is 24.7 Å². The lowest BCUT2D eigenvalue weighted by Gasteiger charge is -2.27. The van der Waals surface area contributed by atoms with Gasteiger partial charge in [0.15, 0.2) is 0 Å². The molecule has 1 aromatic heterocycles. The molecule has 1 saturated carbocycles. The monoisotopic (exact) mass is 274 g/mol. The Bertz CT molecular complexity index is 467. The van der Waals surface area contributed by atoms with Crippen molar-refractivity contribution in [3.05, 3.63) is 18.1 Å². The molecule has 0 radical (unpaired) electrons. The summed E-state index contributed by atoms with van der Waals surface area (Å²) in [7, 11) is 0. The lowest BCUT2D eigenvalue weighted by molar-refractivity contribution is -0.121. The zero-order valence-electron chi connectivity index (χ0n) is 11.8. The van der Waals surface area contributed by atoms with Gasteiger partial charge in [0, 0.05) is 25.7 Å². The fourth-order valence-corrected chi connectivity index (χ4v) is 2.61. The average molecular weight is 274 g/mol. The second-order valence-electron chi connectivity index (χ2n) is 5.80. The van der Waals surface area contributed by atoms with Gasteiger partial charge >= 0.3 is 0 Å². The highest BCUT2D eigenvalue weighted by Crippen LogP contribution is 2.32. The smallest absolute Gasteiger partial charge is 0.220 e. The van der Waals surface area contributed by atoms with Crippen molar-refractivity contribution in [1.82, 2.24) is 15.3 Å². The highest BCUT2D eigenvalue weighted by atomic mass is 16.1. The first-order chi connectivity index (χ1) is 9.81. The van der Waals surface area contributed by atoms with Gasteiger partial charge in [-0.2, -0.15) is 0 Å². The average Bonchev–Trinajstić information content (AvgIpc) is 3.30. The first-order valence-electron chi connectivity index (χ1n) is 7.65. The van der Waals surface area contributed by atoms with E-state index < -0.39 is 0 Å². The fraction of sp³-hybridized carbons (Fsp3) is 0.667. The number of hydrogen-bond donors (Lipinski definition) is 1. The predicted molar refractivity (Wildman–Crippen MR) is 77.3 cm³/mol. The minimum atomic E-state index is 0.125. The van der Waals surface area contributed by atoms with Gasteiger partial charge in [-0.1, -0.05) is 0 Å². The molecule has 0 bridgehead atoms. The van der Waals surface area contributed by atoms with Gasteiger partial charge < -0.3 is 10.2 Å². The third kappa shape index (κ3) is 3.68. The number of hydrogen-bond acceptors (Lipinski definition) is 4. The van der Waals surface area contributed by atoms with Gasteiger partial charge in [-0.15, -0.1) is 0 Å². The SMILES string of the molecule is O=C(CC1CC1)NCc1nccc(N2CCCCC2)n1. The Kier molecular flexibility index (Phi) is 4.14. The first kappa shape index (κ1) is 13.3. The van der Waals surface area contributed by atoms with Crippen molar-refractivity contribution in [3.8, 4) is 0 Å². The van der Waals surface area contributed by atoms with Crippen molar-refractivity contribution >= 4 is 11.7 Å². The molecule has 2 fully saturated rings. The van der Waals surface area contributed by atoms with Gasteiger partial charge in [0.25, 0.3) is 0 Å². The summed E-state index contributed by atoms with van der Waals surface area (Å²) in [6, 6.07) is 1.96. The topological polar surface area (TPSA) is 58.1 Å². The van der Waals surface area contributed by atoms with Crippen LogP contribution in [0.25, 0.3) is 0 Å². The van der Waals surface area contributed by atoms with E-state index in [1.54, 1.807) is 6.20 Å². The summed E-state index contributed by atoms with van der Waals surface area (Å²) in [4.78, 5) is 22.8. The van der Waals surface area contributed by atoms with Crippen molar-refractivity contribution < 1.29 is 4.79 Å². The van der Waals surface area contributed by atoms with Crippen LogP contribution in [0, 0.1) is 5.92 Å². The molecule has 20 heavy (non-hydrogen) atoms. The largest absolute Gasteiger partial charge is 0.357 e. The molecule has 1 aliphatic carbocycles. The Morgan fingerprint density at radius 1 is 1.30 bits per heavy atom. The zero-order valence-corrected chi connectivity index (χ0v) is 11.8. The maximum Gasteiger partial charge on any atom is 0.220 e. The minimum absolute atomic E-state index is 0.125.